The molecule has 0 spiro atoms. The van der Waals surface area contributed by atoms with Crippen molar-refractivity contribution in [3.05, 3.63) is 34.3 Å². The monoisotopic (exact) mass is 339 g/mol. The number of rotatable bonds is 1. The number of ether oxygens (including phenoxy) is 1. The van der Waals surface area contributed by atoms with Gasteiger partial charge < -0.3 is 9.64 Å². The zero-order valence-corrected chi connectivity index (χ0v) is 12.8. The molecule has 1 saturated heterocycles. The highest BCUT2D eigenvalue weighted by Gasteiger charge is 2.19. The van der Waals surface area contributed by atoms with Crippen LogP contribution in [0.2, 0.25) is 0 Å². The second-order valence-electron chi connectivity index (χ2n) is 4.33. The number of halogens is 1. The SMILES string of the molecule is Brc1cccc(C2=NN=C(N3CCOCC3)SC2)c1. The van der Waals surface area contributed by atoms with Gasteiger partial charge in [0.05, 0.1) is 18.9 Å². The van der Waals surface area contributed by atoms with Crippen molar-refractivity contribution >= 4 is 38.6 Å². The van der Waals surface area contributed by atoms with Crippen LogP contribution in [0.3, 0.4) is 0 Å². The summed E-state index contributed by atoms with van der Waals surface area (Å²) in [6, 6.07) is 8.18. The molecule has 1 aromatic carbocycles. The van der Waals surface area contributed by atoms with Crippen LogP contribution in [0, 0.1) is 0 Å². The van der Waals surface area contributed by atoms with E-state index in [9.17, 15) is 0 Å². The van der Waals surface area contributed by atoms with Gasteiger partial charge in [-0.3, -0.25) is 0 Å². The van der Waals surface area contributed by atoms with E-state index in [0.29, 0.717) is 0 Å². The molecule has 2 heterocycles. The number of amidine groups is 1. The first-order valence-electron chi connectivity index (χ1n) is 6.19. The molecular weight excluding hydrogens is 326 g/mol. The Kier molecular flexibility index (Phi) is 4.20. The predicted molar refractivity (Wildman–Crippen MR) is 83.0 cm³/mol. The lowest BCUT2D eigenvalue weighted by atomic mass is 10.1. The quantitative estimate of drug-likeness (QED) is 0.789. The molecule has 4 nitrogen and oxygen atoms in total. The summed E-state index contributed by atoms with van der Waals surface area (Å²) in [7, 11) is 0. The molecule has 100 valence electrons. The molecule has 0 aromatic heterocycles. The minimum Gasteiger partial charge on any atom is -0.378 e. The maximum absolute atomic E-state index is 5.35. The molecule has 1 aromatic rings. The van der Waals surface area contributed by atoms with Crippen LogP contribution >= 0.6 is 27.7 Å². The lowest BCUT2D eigenvalue weighted by molar-refractivity contribution is 0.0692. The first-order valence-corrected chi connectivity index (χ1v) is 7.97. The Morgan fingerprint density at radius 3 is 2.74 bits per heavy atom. The van der Waals surface area contributed by atoms with Crippen LogP contribution < -0.4 is 0 Å². The zero-order chi connectivity index (χ0) is 13.1. The number of hydrogen-bond donors (Lipinski definition) is 0. The van der Waals surface area contributed by atoms with Gasteiger partial charge in [0.15, 0.2) is 5.17 Å². The highest BCUT2D eigenvalue weighted by Crippen LogP contribution is 2.20. The molecule has 0 atom stereocenters. The third kappa shape index (κ3) is 3.19. The molecule has 0 N–H and O–H groups in total. The Bertz CT molecular complexity index is 526. The van der Waals surface area contributed by atoms with Crippen molar-refractivity contribution < 1.29 is 4.74 Å². The molecule has 0 aliphatic carbocycles. The van der Waals surface area contributed by atoms with Crippen LogP contribution in [-0.4, -0.2) is 47.8 Å². The maximum atomic E-state index is 5.35. The van der Waals surface area contributed by atoms with E-state index in [4.69, 9.17) is 4.74 Å². The van der Waals surface area contributed by atoms with Crippen molar-refractivity contribution in [1.82, 2.24) is 4.90 Å². The van der Waals surface area contributed by atoms with Gasteiger partial charge >= 0.3 is 0 Å². The highest BCUT2D eigenvalue weighted by molar-refractivity contribution is 9.10. The van der Waals surface area contributed by atoms with Crippen LogP contribution in [0.4, 0.5) is 0 Å². The number of morpholine rings is 1. The molecule has 0 saturated carbocycles. The van der Waals surface area contributed by atoms with Crippen molar-refractivity contribution in [3.8, 4) is 0 Å². The molecule has 0 radical (unpaired) electrons. The topological polar surface area (TPSA) is 37.2 Å². The van der Waals surface area contributed by atoms with E-state index in [0.717, 1.165) is 53.0 Å². The lowest BCUT2D eigenvalue weighted by Crippen LogP contribution is -2.40. The summed E-state index contributed by atoms with van der Waals surface area (Å²) in [5, 5.41) is 9.76. The summed E-state index contributed by atoms with van der Waals surface area (Å²) >= 11 is 5.24. The fourth-order valence-electron chi connectivity index (χ4n) is 2.01. The van der Waals surface area contributed by atoms with Crippen molar-refractivity contribution in [2.45, 2.75) is 0 Å². The van der Waals surface area contributed by atoms with Gasteiger partial charge in [-0.1, -0.05) is 39.8 Å². The minimum absolute atomic E-state index is 0.780. The van der Waals surface area contributed by atoms with Gasteiger partial charge in [0.25, 0.3) is 0 Å². The third-order valence-electron chi connectivity index (χ3n) is 3.03. The Morgan fingerprint density at radius 2 is 2.05 bits per heavy atom. The Morgan fingerprint density at radius 1 is 1.21 bits per heavy atom. The molecule has 19 heavy (non-hydrogen) atoms. The van der Waals surface area contributed by atoms with Crippen molar-refractivity contribution in [3.63, 3.8) is 0 Å². The van der Waals surface area contributed by atoms with Crippen LogP contribution in [0.1, 0.15) is 5.56 Å². The molecule has 0 unspecified atom stereocenters. The fourth-order valence-corrected chi connectivity index (χ4v) is 3.37. The molecular formula is C13H14BrN3OS. The fraction of sp³-hybridized carbons (Fsp3) is 0.385. The maximum Gasteiger partial charge on any atom is 0.186 e. The highest BCUT2D eigenvalue weighted by atomic mass is 79.9. The summed E-state index contributed by atoms with van der Waals surface area (Å²) in [4.78, 5) is 2.25. The van der Waals surface area contributed by atoms with Gasteiger partial charge in [-0.05, 0) is 17.7 Å². The van der Waals surface area contributed by atoms with Gasteiger partial charge in [0.1, 0.15) is 0 Å². The van der Waals surface area contributed by atoms with E-state index < -0.39 is 0 Å². The van der Waals surface area contributed by atoms with E-state index in [2.05, 4.69) is 43.2 Å². The average Bonchev–Trinajstić information content (AvgIpc) is 2.48. The smallest absolute Gasteiger partial charge is 0.186 e. The summed E-state index contributed by atoms with van der Waals surface area (Å²) in [5.74, 6) is 0.868. The van der Waals surface area contributed by atoms with Crippen molar-refractivity contribution in [2.24, 2.45) is 10.2 Å². The molecule has 1 fully saturated rings. The number of nitrogens with zero attached hydrogens (tertiary/aromatic N) is 3. The summed E-state index contributed by atoms with van der Waals surface area (Å²) in [6.07, 6.45) is 0. The lowest BCUT2D eigenvalue weighted by Gasteiger charge is -2.29. The molecule has 0 bridgehead atoms. The normalized spacial score (nSPS) is 19.9. The standard InChI is InChI=1S/C13H14BrN3OS/c14-11-3-1-2-10(8-11)12-9-19-13(16-15-12)17-4-6-18-7-5-17/h1-3,8H,4-7,9H2. The van der Waals surface area contributed by atoms with E-state index >= 15 is 0 Å². The van der Waals surface area contributed by atoms with Crippen LogP contribution in [0.5, 0.6) is 0 Å². The van der Waals surface area contributed by atoms with Crippen LogP contribution in [-0.2, 0) is 4.74 Å². The second-order valence-corrected chi connectivity index (χ2v) is 6.19. The molecule has 2 aliphatic rings. The minimum atomic E-state index is 0.780. The summed E-state index contributed by atoms with van der Waals surface area (Å²) in [5.41, 5.74) is 2.16. The average molecular weight is 340 g/mol. The van der Waals surface area contributed by atoms with Gasteiger partial charge in [0, 0.05) is 23.3 Å². The van der Waals surface area contributed by atoms with Gasteiger partial charge in [-0.25, -0.2) is 0 Å². The summed E-state index contributed by atoms with van der Waals surface area (Å²) < 4.78 is 6.42. The van der Waals surface area contributed by atoms with Crippen LogP contribution in [0.15, 0.2) is 38.9 Å². The Balaban J connectivity index is 1.76. The molecule has 6 heteroatoms. The van der Waals surface area contributed by atoms with E-state index in [1.54, 1.807) is 11.8 Å². The Hall–Kier alpha value is -0.850. The van der Waals surface area contributed by atoms with E-state index in [1.807, 2.05) is 12.1 Å². The van der Waals surface area contributed by atoms with Gasteiger partial charge in [-0.15, -0.1) is 5.10 Å². The van der Waals surface area contributed by atoms with Crippen molar-refractivity contribution in [1.29, 1.82) is 0 Å². The molecule has 0 amide bonds. The predicted octanol–water partition coefficient (Wildman–Crippen LogP) is 2.59. The van der Waals surface area contributed by atoms with Gasteiger partial charge in [0.2, 0.25) is 0 Å². The van der Waals surface area contributed by atoms with E-state index in [1.165, 1.54) is 0 Å². The van der Waals surface area contributed by atoms with E-state index in [-0.39, 0.29) is 0 Å². The second kappa shape index (κ2) is 6.07. The van der Waals surface area contributed by atoms with Gasteiger partial charge in [-0.2, -0.15) is 5.10 Å². The van der Waals surface area contributed by atoms with Crippen LogP contribution in [0.25, 0.3) is 0 Å². The molecule has 3 rings (SSSR count). The number of thioether (sulfide) groups is 1. The summed E-state index contributed by atoms with van der Waals surface area (Å²) in [6.45, 7) is 3.38. The molecule has 2 aliphatic heterocycles. The first-order chi connectivity index (χ1) is 9.33. The largest absolute Gasteiger partial charge is 0.378 e. The number of hydrogen-bond acceptors (Lipinski definition) is 5. The first kappa shape index (κ1) is 13.1. The Labute approximate surface area is 125 Å². The number of benzene rings is 1. The zero-order valence-electron chi connectivity index (χ0n) is 10.4. The van der Waals surface area contributed by atoms with Crippen molar-refractivity contribution in [2.75, 3.05) is 32.1 Å². The third-order valence-corrected chi connectivity index (χ3v) is 4.54.